The maximum absolute atomic E-state index is 12.9. The van der Waals surface area contributed by atoms with Gasteiger partial charge in [-0.15, -0.1) is 36.2 Å². The molecule has 2 fully saturated rings. The summed E-state index contributed by atoms with van der Waals surface area (Å²) in [5, 5.41) is 3.17. The molecule has 0 spiro atoms. The quantitative estimate of drug-likeness (QED) is 0.778. The number of thiophene rings is 1. The zero-order valence-corrected chi connectivity index (χ0v) is 18.5. The number of nitrogens with zero attached hydrogens (tertiary/aromatic N) is 4. The van der Waals surface area contributed by atoms with E-state index < -0.39 is 0 Å². The summed E-state index contributed by atoms with van der Waals surface area (Å²) >= 11 is 1.64. The Hall–Kier alpha value is -1.15. The zero-order chi connectivity index (χ0) is 18.0. The molecule has 6 nitrogen and oxygen atoms in total. The molecule has 0 radical (unpaired) electrons. The summed E-state index contributed by atoms with van der Waals surface area (Å²) in [6, 6.07) is 2.08. The number of nitrogens with two attached hydrogens (primary N) is 1. The molecule has 2 N–H and O–H groups in total. The second-order valence-electron chi connectivity index (χ2n) is 7.65. The van der Waals surface area contributed by atoms with E-state index in [1.54, 1.807) is 17.7 Å². The Morgan fingerprint density at radius 2 is 1.82 bits per heavy atom. The Morgan fingerprint density at radius 1 is 1.11 bits per heavy atom. The summed E-state index contributed by atoms with van der Waals surface area (Å²) in [6.07, 6.45) is 8.17. The van der Waals surface area contributed by atoms with Crippen LogP contribution >= 0.6 is 36.2 Å². The molecule has 1 amide bonds. The van der Waals surface area contributed by atoms with Gasteiger partial charge in [0.25, 0.3) is 0 Å². The molecule has 1 saturated carbocycles. The Labute approximate surface area is 182 Å². The van der Waals surface area contributed by atoms with Gasteiger partial charge >= 0.3 is 0 Å². The fraction of sp³-hybridized carbons (Fsp3) is 0.632. The number of aromatic nitrogens is 2. The molecule has 2 aliphatic rings. The maximum atomic E-state index is 12.9. The smallest absolute Gasteiger partial charge is 0.223 e. The highest BCUT2D eigenvalue weighted by Gasteiger charge is 2.35. The van der Waals surface area contributed by atoms with Crippen LogP contribution in [0, 0.1) is 5.41 Å². The summed E-state index contributed by atoms with van der Waals surface area (Å²) in [5.74, 6) is 1.27. The van der Waals surface area contributed by atoms with Crippen LogP contribution in [0.4, 0.5) is 5.82 Å². The van der Waals surface area contributed by atoms with Gasteiger partial charge in [0.15, 0.2) is 0 Å². The lowest BCUT2D eigenvalue weighted by Gasteiger charge is -2.40. The average Bonchev–Trinajstić information content (AvgIpc) is 3.18. The van der Waals surface area contributed by atoms with E-state index in [-0.39, 0.29) is 36.1 Å². The normalized spacial score (nSPS) is 19.0. The third-order valence-electron chi connectivity index (χ3n) is 6.05. The first-order valence-electron chi connectivity index (χ1n) is 9.62. The van der Waals surface area contributed by atoms with E-state index in [2.05, 4.69) is 26.3 Å². The largest absolute Gasteiger partial charge is 0.352 e. The number of anilines is 1. The highest BCUT2D eigenvalue weighted by molar-refractivity contribution is 7.16. The monoisotopic (exact) mass is 445 g/mol. The lowest BCUT2D eigenvalue weighted by atomic mass is 9.71. The summed E-state index contributed by atoms with van der Waals surface area (Å²) < 4.78 is 0. The minimum atomic E-state index is 0. The van der Waals surface area contributed by atoms with Gasteiger partial charge in [-0.2, -0.15) is 0 Å². The molecular formula is C19H29Cl2N5OS. The van der Waals surface area contributed by atoms with E-state index in [1.807, 2.05) is 4.90 Å². The molecule has 1 aliphatic heterocycles. The summed E-state index contributed by atoms with van der Waals surface area (Å²) in [4.78, 5) is 27.0. The van der Waals surface area contributed by atoms with Crippen LogP contribution in [0.2, 0.25) is 0 Å². The van der Waals surface area contributed by atoms with Crippen molar-refractivity contribution >= 4 is 58.1 Å². The molecule has 4 rings (SSSR count). The molecule has 0 aromatic carbocycles. The number of hydrogen-bond acceptors (Lipinski definition) is 6. The van der Waals surface area contributed by atoms with Gasteiger partial charge in [0.1, 0.15) is 17.0 Å². The Kier molecular flexibility index (Phi) is 8.30. The van der Waals surface area contributed by atoms with Crippen molar-refractivity contribution in [1.29, 1.82) is 0 Å². The molecule has 1 aliphatic carbocycles. The minimum absolute atomic E-state index is 0. The second-order valence-corrected chi connectivity index (χ2v) is 8.54. The van der Waals surface area contributed by atoms with E-state index in [9.17, 15) is 4.79 Å². The summed E-state index contributed by atoms with van der Waals surface area (Å²) in [5.41, 5.74) is 6.11. The van der Waals surface area contributed by atoms with Gasteiger partial charge in [-0.1, -0.05) is 19.3 Å². The van der Waals surface area contributed by atoms with Gasteiger partial charge in [-0.05, 0) is 36.2 Å². The number of halogens is 2. The highest BCUT2D eigenvalue weighted by Crippen LogP contribution is 2.39. The van der Waals surface area contributed by atoms with Crippen molar-refractivity contribution in [3.63, 3.8) is 0 Å². The highest BCUT2D eigenvalue weighted by atomic mass is 35.5. The average molecular weight is 446 g/mol. The molecule has 3 heterocycles. The van der Waals surface area contributed by atoms with Crippen molar-refractivity contribution in [2.45, 2.75) is 38.5 Å². The number of carbonyl (C=O) groups is 1. The van der Waals surface area contributed by atoms with Gasteiger partial charge in [-0.25, -0.2) is 9.97 Å². The van der Waals surface area contributed by atoms with Gasteiger partial charge in [-0.3, -0.25) is 4.79 Å². The zero-order valence-electron chi connectivity index (χ0n) is 16.0. The fourth-order valence-electron chi connectivity index (χ4n) is 4.38. The SMILES string of the molecule is Cl.Cl.NCC1(CC(=O)N2CCN(c3ncnc4sccc34)CC2)CCCCC1. The first kappa shape index (κ1) is 23.1. The van der Waals surface area contributed by atoms with Crippen LogP contribution in [0.1, 0.15) is 38.5 Å². The van der Waals surface area contributed by atoms with E-state index in [1.165, 1.54) is 19.3 Å². The Morgan fingerprint density at radius 3 is 2.50 bits per heavy atom. The van der Waals surface area contributed by atoms with Crippen LogP contribution in [0.25, 0.3) is 10.2 Å². The topological polar surface area (TPSA) is 75.4 Å². The first-order valence-corrected chi connectivity index (χ1v) is 10.5. The maximum Gasteiger partial charge on any atom is 0.223 e. The lowest BCUT2D eigenvalue weighted by Crippen LogP contribution is -2.50. The molecule has 0 atom stereocenters. The first-order chi connectivity index (χ1) is 12.7. The van der Waals surface area contributed by atoms with Gasteiger partial charge in [0, 0.05) is 32.6 Å². The molecule has 9 heteroatoms. The van der Waals surface area contributed by atoms with E-state index in [4.69, 9.17) is 5.73 Å². The van der Waals surface area contributed by atoms with Crippen molar-refractivity contribution in [3.05, 3.63) is 17.8 Å². The van der Waals surface area contributed by atoms with Crippen LogP contribution in [-0.2, 0) is 4.79 Å². The number of piperazine rings is 1. The Balaban J connectivity index is 0.00000140. The van der Waals surface area contributed by atoms with Crippen LogP contribution in [-0.4, -0.2) is 53.5 Å². The molecule has 0 unspecified atom stereocenters. The predicted octanol–water partition coefficient (Wildman–Crippen LogP) is 3.48. The van der Waals surface area contributed by atoms with Gasteiger partial charge in [0.2, 0.25) is 5.91 Å². The molecule has 28 heavy (non-hydrogen) atoms. The molecule has 2 aromatic heterocycles. The number of hydrogen-bond donors (Lipinski definition) is 1. The lowest BCUT2D eigenvalue weighted by molar-refractivity contribution is -0.134. The number of fused-ring (bicyclic) bond motifs is 1. The van der Waals surface area contributed by atoms with Gasteiger partial charge in [0.05, 0.1) is 5.39 Å². The molecular weight excluding hydrogens is 417 g/mol. The number of amides is 1. The van der Waals surface area contributed by atoms with Gasteiger partial charge < -0.3 is 15.5 Å². The van der Waals surface area contributed by atoms with Crippen molar-refractivity contribution in [1.82, 2.24) is 14.9 Å². The van der Waals surface area contributed by atoms with Crippen LogP contribution < -0.4 is 10.6 Å². The summed E-state index contributed by atoms with van der Waals surface area (Å²) in [7, 11) is 0. The standard InChI is InChI=1S/C19H27N5OS.2ClH/c20-13-19(5-2-1-3-6-19)12-16(25)23-7-9-24(10-8-23)17-15-4-11-26-18(15)22-14-21-17;;/h4,11,14H,1-3,5-10,12-13,20H2;2*1H. The van der Waals surface area contributed by atoms with Crippen LogP contribution in [0.3, 0.4) is 0 Å². The second kappa shape index (κ2) is 10.1. The van der Waals surface area contributed by atoms with E-state index in [0.29, 0.717) is 13.0 Å². The number of rotatable bonds is 4. The Bertz CT molecular complexity index is 773. The van der Waals surface area contributed by atoms with Crippen LogP contribution in [0.15, 0.2) is 17.8 Å². The van der Waals surface area contributed by atoms with Crippen molar-refractivity contribution in [2.75, 3.05) is 37.6 Å². The molecule has 1 saturated heterocycles. The van der Waals surface area contributed by atoms with Crippen molar-refractivity contribution in [2.24, 2.45) is 11.1 Å². The minimum Gasteiger partial charge on any atom is -0.352 e. The predicted molar refractivity (Wildman–Crippen MR) is 120 cm³/mol. The summed E-state index contributed by atoms with van der Waals surface area (Å²) in [6.45, 7) is 3.80. The van der Waals surface area contributed by atoms with Crippen LogP contribution in [0.5, 0.6) is 0 Å². The van der Waals surface area contributed by atoms with E-state index >= 15 is 0 Å². The number of carbonyl (C=O) groups excluding carboxylic acids is 1. The van der Waals surface area contributed by atoms with E-state index in [0.717, 1.165) is 55.1 Å². The molecule has 156 valence electrons. The van der Waals surface area contributed by atoms with Crippen molar-refractivity contribution < 1.29 is 4.79 Å². The molecule has 0 bridgehead atoms. The van der Waals surface area contributed by atoms with Crippen molar-refractivity contribution in [3.8, 4) is 0 Å². The third-order valence-corrected chi connectivity index (χ3v) is 6.87. The fourth-order valence-corrected chi connectivity index (χ4v) is 5.11. The third kappa shape index (κ3) is 4.70. The molecule has 2 aromatic rings.